The van der Waals surface area contributed by atoms with E-state index in [-0.39, 0.29) is 23.7 Å². The highest BCUT2D eigenvalue weighted by Crippen LogP contribution is 2.39. The number of anilines is 1. The summed E-state index contributed by atoms with van der Waals surface area (Å²) in [6.45, 7) is 7.54. The molecular formula is C36H44FN7O6S. The first-order chi connectivity index (χ1) is 24.9. The van der Waals surface area contributed by atoms with Crippen molar-refractivity contribution in [3.63, 3.8) is 0 Å². The number of amides is 3. The lowest BCUT2D eigenvalue weighted by molar-refractivity contribution is -0.123. The normalized spacial score (nSPS) is 15.2. The van der Waals surface area contributed by atoms with Crippen LogP contribution in [-0.4, -0.2) is 117 Å². The van der Waals surface area contributed by atoms with E-state index in [1.54, 1.807) is 25.4 Å². The number of carbonyl (C=O) groups is 2. The van der Waals surface area contributed by atoms with Crippen molar-refractivity contribution in [3.8, 4) is 22.1 Å². The maximum absolute atomic E-state index is 15.0. The first-order valence-electron chi connectivity index (χ1n) is 17.2. The van der Waals surface area contributed by atoms with E-state index < -0.39 is 5.82 Å². The van der Waals surface area contributed by atoms with Crippen molar-refractivity contribution in [2.24, 2.45) is 0 Å². The van der Waals surface area contributed by atoms with Gasteiger partial charge in [0.15, 0.2) is 11.6 Å². The summed E-state index contributed by atoms with van der Waals surface area (Å²) in [7, 11) is 1.63. The highest BCUT2D eigenvalue weighted by atomic mass is 32.1. The molecule has 0 atom stereocenters. The predicted octanol–water partition coefficient (Wildman–Crippen LogP) is 4.49. The maximum Gasteiger partial charge on any atom is 0.319 e. The van der Waals surface area contributed by atoms with Gasteiger partial charge in [0.25, 0.3) is 0 Å². The number of hydrogen-bond acceptors (Lipinski definition) is 11. The van der Waals surface area contributed by atoms with Crippen molar-refractivity contribution in [2.75, 3.05) is 84.7 Å². The van der Waals surface area contributed by atoms with Crippen LogP contribution >= 0.6 is 11.3 Å². The Bertz CT molecular complexity index is 1750. The Morgan fingerprint density at radius 1 is 0.922 bits per heavy atom. The lowest BCUT2D eigenvalue weighted by atomic mass is 10.2. The molecular weight excluding hydrogens is 678 g/mol. The third kappa shape index (κ3) is 11.1. The molecule has 3 aromatic heterocycles. The molecule has 4 aromatic rings. The van der Waals surface area contributed by atoms with Gasteiger partial charge in [-0.2, -0.15) is 0 Å². The summed E-state index contributed by atoms with van der Waals surface area (Å²) in [5, 5.41) is 8.40. The minimum Gasteiger partial charge on any atom is -0.453 e. The SMILES string of the molecule is COCCOCCOCCNC(=O)CN1CCN(Cc2ccc(-c3cc4nccc(Oc5ccc(NC(=O)NC6CC6)cc5F)c4s3)nc2)CC1. The highest BCUT2D eigenvalue weighted by Gasteiger charge is 2.23. The second kappa shape index (κ2) is 18.3. The molecule has 2 aliphatic rings. The maximum atomic E-state index is 15.0. The number of halogens is 1. The van der Waals surface area contributed by atoms with Gasteiger partial charge in [-0.15, -0.1) is 11.3 Å². The molecule has 15 heteroatoms. The number of thiophene rings is 1. The number of rotatable bonds is 18. The van der Waals surface area contributed by atoms with Gasteiger partial charge in [0, 0.05) is 82.6 Å². The van der Waals surface area contributed by atoms with Crippen LogP contribution in [0.1, 0.15) is 18.4 Å². The lowest BCUT2D eigenvalue weighted by Crippen LogP contribution is -2.49. The summed E-state index contributed by atoms with van der Waals surface area (Å²) in [6.07, 6.45) is 5.47. The van der Waals surface area contributed by atoms with Crippen LogP contribution in [0.5, 0.6) is 11.5 Å². The van der Waals surface area contributed by atoms with Crippen molar-refractivity contribution in [1.29, 1.82) is 0 Å². The minimum atomic E-state index is -0.584. The Hall–Kier alpha value is -4.25. The first kappa shape index (κ1) is 36.5. The molecule has 3 N–H and O–H groups in total. The lowest BCUT2D eigenvalue weighted by Gasteiger charge is -2.34. The second-order valence-electron chi connectivity index (χ2n) is 12.4. The van der Waals surface area contributed by atoms with Crippen LogP contribution < -0.4 is 20.7 Å². The second-order valence-corrected chi connectivity index (χ2v) is 13.5. The Kier molecular flexibility index (Phi) is 13.1. The van der Waals surface area contributed by atoms with E-state index >= 15 is 0 Å². The van der Waals surface area contributed by atoms with Crippen LogP contribution in [0.3, 0.4) is 0 Å². The number of hydrogen-bond donors (Lipinski definition) is 3. The molecule has 0 unspecified atom stereocenters. The topological polar surface area (TPSA) is 139 Å². The van der Waals surface area contributed by atoms with E-state index in [4.69, 9.17) is 23.9 Å². The van der Waals surface area contributed by atoms with Gasteiger partial charge in [-0.25, -0.2) is 9.18 Å². The average Bonchev–Trinajstić information content (AvgIpc) is 3.83. The minimum absolute atomic E-state index is 0.00278. The molecule has 13 nitrogen and oxygen atoms in total. The van der Waals surface area contributed by atoms with Gasteiger partial charge in [-0.05, 0) is 42.7 Å². The average molecular weight is 722 g/mol. The molecule has 272 valence electrons. The third-order valence-electron chi connectivity index (χ3n) is 8.39. The van der Waals surface area contributed by atoms with Crippen LogP contribution in [0.4, 0.5) is 14.9 Å². The van der Waals surface area contributed by atoms with E-state index in [9.17, 15) is 14.0 Å². The van der Waals surface area contributed by atoms with Crippen molar-refractivity contribution in [3.05, 3.63) is 66.2 Å². The molecule has 1 aliphatic heterocycles. The van der Waals surface area contributed by atoms with Gasteiger partial charge in [0.05, 0.1) is 60.4 Å². The fraction of sp³-hybridized carbons (Fsp3) is 0.444. The summed E-state index contributed by atoms with van der Waals surface area (Å²) >= 11 is 1.48. The fourth-order valence-corrected chi connectivity index (χ4v) is 6.54. The number of methoxy groups -OCH3 is 1. The van der Waals surface area contributed by atoms with E-state index in [0.717, 1.165) is 71.9 Å². The van der Waals surface area contributed by atoms with Crippen molar-refractivity contribution < 1.29 is 32.9 Å². The molecule has 1 aromatic carbocycles. The van der Waals surface area contributed by atoms with E-state index in [2.05, 4.69) is 36.8 Å². The van der Waals surface area contributed by atoms with Gasteiger partial charge in [-0.1, -0.05) is 6.07 Å². The molecule has 1 saturated carbocycles. The van der Waals surface area contributed by atoms with E-state index in [1.807, 2.05) is 18.3 Å². The monoisotopic (exact) mass is 721 g/mol. The molecule has 0 spiro atoms. The predicted molar refractivity (Wildman–Crippen MR) is 193 cm³/mol. The Labute approximate surface area is 300 Å². The highest BCUT2D eigenvalue weighted by molar-refractivity contribution is 7.22. The van der Waals surface area contributed by atoms with Crippen molar-refractivity contribution >= 4 is 39.2 Å². The number of benzene rings is 1. The number of nitrogens with zero attached hydrogens (tertiary/aromatic N) is 4. The number of aromatic nitrogens is 2. The molecule has 0 radical (unpaired) electrons. The van der Waals surface area contributed by atoms with Crippen LogP contribution in [-0.2, 0) is 25.5 Å². The summed E-state index contributed by atoms with van der Waals surface area (Å²) in [4.78, 5) is 39.1. The van der Waals surface area contributed by atoms with Gasteiger partial charge in [-0.3, -0.25) is 24.6 Å². The Morgan fingerprint density at radius 3 is 2.45 bits per heavy atom. The first-order valence-corrected chi connectivity index (χ1v) is 18.0. The fourth-order valence-electron chi connectivity index (χ4n) is 5.49. The number of fused-ring (bicyclic) bond motifs is 1. The number of carbonyl (C=O) groups excluding carboxylic acids is 2. The number of ether oxygens (including phenoxy) is 4. The molecule has 0 bridgehead atoms. The summed E-state index contributed by atoms with van der Waals surface area (Å²) in [5.41, 5.74) is 3.00. The molecule has 2 fully saturated rings. The van der Waals surface area contributed by atoms with Gasteiger partial charge in [0.2, 0.25) is 5.91 Å². The zero-order valence-corrected chi connectivity index (χ0v) is 29.5. The van der Waals surface area contributed by atoms with Crippen LogP contribution in [0.25, 0.3) is 20.8 Å². The number of pyridine rings is 2. The number of urea groups is 1. The molecule has 51 heavy (non-hydrogen) atoms. The largest absolute Gasteiger partial charge is 0.453 e. The molecule has 6 rings (SSSR count). The molecule has 4 heterocycles. The van der Waals surface area contributed by atoms with E-state index in [1.165, 1.54) is 23.5 Å². The number of piperazine rings is 1. The number of nitrogens with one attached hydrogen (secondary N) is 3. The Morgan fingerprint density at radius 2 is 1.71 bits per heavy atom. The van der Waals surface area contributed by atoms with Gasteiger partial charge >= 0.3 is 6.03 Å². The standard InChI is InChI=1S/C36H44FN7O6S/c1-47-16-17-49-19-18-48-15-10-39-34(45)24-44-13-11-43(12-14-44)23-25-2-6-29(40-22-25)33-21-30-35(51-33)32(8-9-38-30)50-31-7-5-27(20-28(31)37)42-36(46)41-26-3-4-26/h2,5-9,20-22,26H,3-4,10-19,23-24H2,1H3,(H,39,45)(H2,41,42,46). The molecule has 1 saturated heterocycles. The van der Waals surface area contributed by atoms with Crippen LogP contribution in [0, 0.1) is 5.82 Å². The van der Waals surface area contributed by atoms with E-state index in [0.29, 0.717) is 57.6 Å². The summed E-state index contributed by atoms with van der Waals surface area (Å²) in [6, 6.07) is 12.0. The van der Waals surface area contributed by atoms with Gasteiger partial charge < -0.3 is 34.9 Å². The Balaban J connectivity index is 0.941. The van der Waals surface area contributed by atoms with Crippen molar-refractivity contribution in [2.45, 2.75) is 25.4 Å². The summed E-state index contributed by atoms with van der Waals surface area (Å²) < 4.78 is 37.5. The quantitative estimate of drug-likeness (QED) is 0.126. The van der Waals surface area contributed by atoms with Crippen LogP contribution in [0.2, 0.25) is 0 Å². The zero-order valence-electron chi connectivity index (χ0n) is 28.7. The summed E-state index contributed by atoms with van der Waals surface area (Å²) in [5.74, 6) is -0.0448. The molecule has 3 amide bonds. The third-order valence-corrected chi connectivity index (χ3v) is 9.55. The van der Waals surface area contributed by atoms with Gasteiger partial charge in [0.1, 0.15) is 5.75 Å². The zero-order chi connectivity index (χ0) is 35.4. The smallest absolute Gasteiger partial charge is 0.319 e. The van der Waals surface area contributed by atoms with Crippen LogP contribution in [0.15, 0.2) is 54.9 Å². The molecule has 1 aliphatic carbocycles. The van der Waals surface area contributed by atoms with Crippen molar-refractivity contribution in [1.82, 2.24) is 30.4 Å².